The molecule has 1 heterocycles. The molecular formula is C22H29N9O. The Kier molecular flexibility index (Phi) is 10.0. The minimum absolute atomic E-state index is 0.0564. The van der Waals surface area contributed by atoms with Gasteiger partial charge in [-0.1, -0.05) is 20.3 Å². The largest absolute Gasteiger partial charge is 0.397 e. The van der Waals surface area contributed by atoms with E-state index >= 15 is 0 Å². The molecule has 0 aliphatic carbocycles. The van der Waals surface area contributed by atoms with Gasteiger partial charge in [-0.2, -0.15) is 15.8 Å². The molecule has 1 atom stereocenters. The Balaban J connectivity index is 0.000000363. The van der Waals surface area contributed by atoms with Crippen LogP contribution in [0.15, 0.2) is 18.2 Å². The molecule has 0 saturated carbocycles. The second-order valence-corrected chi connectivity index (χ2v) is 7.10. The summed E-state index contributed by atoms with van der Waals surface area (Å²) in [6.07, 6.45) is 5.01. The van der Waals surface area contributed by atoms with Crippen molar-refractivity contribution >= 4 is 28.8 Å². The highest BCUT2D eigenvalue weighted by Crippen LogP contribution is 2.27. The van der Waals surface area contributed by atoms with Gasteiger partial charge in [-0.15, -0.1) is 9.78 Å². The van der Waals surface area contributed by atoms with Crippen LogP contribution >= 0.6 is 0 Å². The van der Waals surface area contributed by atoms with Crippen molar-refractivity contribution in [2.24, 2.45) is 0 Å². The maximum Gasteiger partial charge on any atom is 0.221 e. The topological polar surface area (TPSA) is 174 Å². The van der Waals surface area contributed by atoms with Crippen molar-refractivity contribution < 1.29 is 4.79 Å². The maximum atomic E-state index is 11.2. The maximum absolute atomic E-state index is 11.2. The molecule has 168 valence electrons. The molecule has 1 amide bonds. The fraction of sp³-hybridized carbons (Fsp3) is 0.409. The van der Waals surface area contributed by atoms with Crippen LogP contribution in [0.2, 0.25) is 0 Å². The van der Waals surface area contributed by atoms with E-state index in [9.17, 15) is 4.79 Å². The van der Waals surface area contributed by atoms with Gasteiger partial charge in [-0.3, -0.25) is 4.79 Å². The number of carbonyl (C=O) groups is 1. The molecule has 2 rings (SSSR count). The lowest BCUT2D eigenvalue weighted by Crippen LogP contribution is -2.33. The van der Waals surface area contributed by atoms with Gasteiger partial charge in [0.05, 0.1) is 11.4 Å². The number of unbranched alkanes of at least 4 members (excludes halogenated alkanes) is 1. The van der Waals surface area contributed by atoms with Gasteiger partial charge in [0.1, 0.15) is 17.7 Å². The van der Waals surface area contributed by atoms with Gasteiger partial charge >= 0.3 is 0 Å². The number of nitriles is 3. The molecule has 0 aliphatic heterocycles. The van der Waals surface area contributed by atoms with Gasteiger partial charge < -0.3 is 21.7 Å². The predicted octanol–water partition coefficient (Wildman–Crippen LogP) is 3.17. The Hall–Kier alpha value is -4.23. The quantitative estimate of drug-likeness (QED) is 0.556. The van der Waals surface area contributed by atoms with Crippen molar-refractivity contribution in [3.8, 4) is 18.3 Å². The average Bonchev–Trinajstić information content (AvgIpc) is 3.10. The van der Waals surface area contributed by atoms with Gasteiger partial charge in [0.2, 0.25) is 12.1 Å². The molecule has 0 saturated heterocycles. The zero-order valence-corrected chi connectivity index (χ0v) is 18.9. The van der Waals surface area contributed by atoms with E-state index in [2.05, 4.69) is 36.1 Å². The van der Waals surface area contributed by atoms with E-state index in [1.165, 1.54) is 13.3 Å². The normalized spacial score (nSPS) is 10.5. The molecule has 0 spiro atoms. The number of hydrogen-bond acceptors (Lipinski definition) is 8. The lowest BCUT2D eigenvalue weighted by molar-refractivity contribution is -0.114. The van der Waals surface area contributed by atoms with Crippen LogP contribution in [-0.2, 0) is 4.79 Å². The molecular weight excluding hydrogens is 406 g/mol. The predicted molar refractivity (Wildman–Crippen MR) is 124 cm³/mol. The molecule has 0 aliphatic rings. The Morgan fingerprint density at radius 1 is 1.25 bits per heavy atom. The van der Waals surface area contributed by atoms with E-state index in [4.69, 9.17) is 27.3 Å². The van der Waals surface area contributed by atoms with E-state index in [1.54, 1.807) is 18.3 Å². The Morgan fingerprint density at radius 2 is 1.94 bits per heavy atom. The second kappa shape index (κ2) is 12.5. The number of nitrogens with one attached hydrogen (secondary N) is 1. The number of rotatable bonds is 7. The first-order valence-electron chi connectivity index (χ1n) is 10.3. The molecule has 1 aromatic heterocycles. The summed E-state index contributed by atoms with van der Waals surface area (Å²) in [4.78, 5) is 13.6. The van der Waals surface area contributed by atoms with E-state index in [1.807, 2.05) is 18.2 Å². The molecule has 10 nitrogen and oxygen atoms in total. The van der Waals surface area contributed by atoms with Crippen molar-refractivity contribution in [1.29, 1.82) is 15.8 Å². The fourth-order valence-electron chi connectivity index (χ4n) is 2.87. The third kappa shape index (κ3) is 6.65. The summed E-state index contributed by atoms with van der Waals surface area (Å²) in [6, 6.07) is 9.68. The average molecular weight is 436 g/mol. The number of anilines is 4. The van der Waals surface area contributed by atoms with Gasteiger partial charge in [0, 0.05) is 25.2 Å². The van der Waals surface area contributed by atoms with Crippen LogP contribution in [0.4, 0.5) is 22.9 Å². The molecule has 1 unspecified atom stereocenters. The monoisotopic (exact) mass is 435 g/mol. The van der Waals surface area contributed by atoms with Crippen molar-refractivity contribution in [1.82, 2.24) is 9.78 Å². The lowest BCUT2D eigenvalue weighted by Gasteiger charge is -2.31. The summed E-state index contributed by atoms with van der Waals surface area (Å²) in [5, 5.41) is 31.6. The van der Waals surface area contributed by atoms with E-state index in [0.29, 0.717) is 17.4 Å². The Morgan fingerprint density at radius 3 is 2.41 bits per heavy atom. The van der Waals surface area contributed by atoms with Crippen molar-refractivity contribution in [2.45, 2.75) is 53.0 Å². The van der Waals surface area contributed by atoms with Crippen LogP contribution in [0.25, 0.3) is 0 Å². The number of benzene rings is 1. The van der Waals surface area contributed by atoms with Crippen LogP contribution in [0.5, 0.6) is 0 Å². The second-order valence-electron chi connectivity index (χ2n) is 7.10. The summed E-state index contributed by atoms with van der Waals surface area (Å²) >= 11 is 0. The van der Waals surface area contributed by atoms with E-state index < -0.39 is 0 Å². The number of carbonyl (C=O) groups excluding carboxylic acids is 1. The molecule has 1 aromatic carbocycles. The van der Waals surface area contributed by atoms with E-state index in [0.717, 1.165) is 29.8 Å². The van der Waals surface area contributed by atoms with Crippen LogP contribution in [0.3, 0.4) is 0 Å². The minimum atomic E-state index is -0.128. The Labute approximate surface area is 188 Å². The highest BCUT2D eigenvalue weighted by Gasteiger charge is 2.15. The standard InChI is InChI=1S/C16H27N3O.C6H2N6/c1-5-7-10-19(12(3)6-2)14-8-9-15(17)16(11-14)18-13(4)20;7-1-4-5(2-8)11-12(3-9)6(4)10/h8-9,11-12H,5-7,10,17H2,1-4H3,(H,18,20);10H2. The first-order valence-corrected chi connectivity index (χ1v) is 10.3. The Bertz CT molecular complexity index is 1050. The smallest absolute Gasteiger partial charge is 0.221 e. The summed E-state index contributed by atoms with van der Waals surface area (Å²) in [5.41, 5.74) is 13.4. The number of amides is 1. The molecule has 0 bridgehead atoms. The third-order valence-corrected chi connectivity index (χ3v) is 4.79. The summed E-state index contributed by atoms with van der Waals surface area (Å²) in [5.74, 6) is -0.200. The van der Waals surface area contributed by atoms with E-state index in [-0.39, 0.29) is 23.0 Å². The summed E-state index contributed by atoms with van der Waals surface area (Å²) in [7, 11) is 0. The number of nitrogen functional groups attached to an aromatic ring is 2. The van der Waals surface area contributed by atoms with Crippen LogP contribution in [0, 0.1) is 34.1 Å². The summed E-state index contributed by atoms with van der Waals surface area (Å²) < 4.78 is 0.733. The van der Waals surface area contributed by atoms with Gasteiger partial charge in [-0.05, 0) is 38.0 Å². The first kappa shape index (κ1) is 25.8. The zero-order chi connectivity index (χ0) is 24.3. The van der Waals surface area contributed by atoms with Gasteiger partial charge in [0.25, 0.3) is 0 Å². The number of nitrogens with zero attached hydrogens (tertiary/aromatic N) is 6. The molecule has 0 fully saturated rings. The number of nitrogens with two attached hydrogens (primary N) is 2. The van der Waals surface area contributed by atoms with Crippen molar-refractivity contribution in [2.75, 3.05) is 28.2 Å². The van der Waals surface area contributed by atoms with Crippen LogP contribution in [-0.4, -0.2) is 28.3 Å². The van der Waals surface area contributed by atoms with Crippen molar-refractivity contribution in [3.63, 3.8) is 0 Å². The zero-order valence-electron chi connectivity index (χ0n) is 18.9. The number of hydrogen-bond donors (Lipinski definition) is 3. The molecule has 2 aromatic rings. The fourth-order valence-corrected chi connectivity index (χ4v) is 2.87. The SMILES string of the molecule is CCCCN(c1ccc(N)c(NC(C)=O)c1)C(C)CC.N#Cc1nn(C#N)c(N)c1C#N. The van der Waals surface area contributed by atoms with Gasteiger partial charge in [-0.25, -0.2) is 0 Å². The molecule has 0 radical (unpaired) electrons. The lowest BCUT2D eigenvalue weighted by atomic mass is 10.1. The summed E-state index contributed by atoms with van der Waals surface area (Å²) in [6.45, 7) is 9.13. The number of aromatic nitrogens is 2. The highest BCUT2D eigenvalue weighted by atomic mass is 16.1. The molecule has 32 heavy (non-hydrogen) atoms. The highest BCUT2D eigenvalue weighted by molar-refractivity contribution is 5.93. The molecule has 10 heteroatoms. The van der Waals surface area contributed by atoms with Crippen LogP contribution in [0.1, 0.15) is 58.2 Å². The third-order valence-electron chi connectivity index (χ3n) is 4.79. The molecule has 5 N–H and O–H groups in total. The van der Waals surface area contributed by atoms with Crippen molar-refractivity contribution in [3.05, 3.63) is 29.5 Å². The van der Waals surface area contributed by atoms with Gasteiger partial charge in [0.15, 0.2) is 11.5 Å². The van der Waals surface area contributed by atoms with Crippen LogP contribution < -0.4 is 21.7 Å². The minimum Gasteiger partial charge on any atom is -0.397 e. The first-order chi connectivity index (χ1) is 15.2.